The molecule has 0 N–H and O–H groups in total. The number of hydrogen-bond donors (Lipinski definition) is 0. The van der Waals surface area contributed by atoms with Gasteiger partial charge in [-0.15, -0.1) is 0 Å². The molecule has 0 saturated carbocycles. The second kappa shape index (κ2) is 28.9. The Labute approximate surface area is 252 Å². The van der Waals surface area contributed by atoms with Gasteiger partial charge in [0.1, 0.15) is 0 Å². The zero-order valence-corrected chi connectivity index (χ0v) is 28.4. The molecule has 0 radical (unpaired) electrons. The molecule has 0 heterocycles. The summed E-state index contributed by atoms with van der Waals surface area (Å²) in [7, 11) is 7.08. The Balaban J connectivity index is 3.24. The van der Waals surface area contributed by atoms with Crippen molar-refractivity contribution in [3.05, 3.63) is 0 Å². The molecule has 40 heavy (non-hydrogen) atoms. The largest absolute Gasteiger partial charge is 0.353 e. The molecule has 0 aromatic rings. The van der Waals surface area contributed by atoms with E-state index in [0.717, 1.165) is 25.7 Å². The lowest BCUT2D eigenvalue weighted by Crippen LogP contribution is -2.32. The fourth-order valence-electron chi connectivity index (χ4n) is 6.18. The smallest absolute Gasteiger partial charge is 0.167 e. The Bertz CT molecular complexity index is 427. The summed E-state index contributed by atoms with van der Waals surface area (Å²) < 4.78 is 22.3. The van der Waals surface area contributed by atoms with Gasteiger partial charge in [-0.3, -0.25) is 0 Å². The summed E-state index contributed by atoms with van der Waals surface area (Å²) in [4.78, 5) is 0. The maximum absolute atomic E-state index is 5.58. The first kappa shape index (κ1) is 39.8. The van der Waals surface area contributed by atoms with Gasteiger partial charge < -0.3 is 18.9 Å². The standard InChI is InChI=1S/C36H74O4/c1-7-35(37-3,38-4)33-31-29-27-25-23-21-19-17-15-13-11-9-10-12-14-16-18-20-22-24-26-28-30-32-34-36(8-2,39-5)40-6/h7-34H2,1-6H3. The van der Waals surface area contributed by atoms with Crippen LogP contribution in [0, 0.1) is 0 Å². The van der Waals surface area contributed by atoms with Gasteiger partial charge in [-0.25, -0.2) is 0 Å². The van der Waals surface area contributed by atoms with E-state index in [1.165, 1.54) is 154 Å². The van der Waals surface area contributed by atoms with Crippen molar-refractivity contribution < 1.29 is 18.9 Å². The van der Waals surface area contributed by atoms with Gasteiger partial charge in [0.15, 0.2) is 11.6 Å². The van der Waals surface area contributed by atoms with Gasteiger partial charge in [0.2, 0.25) is 0 Å². The number of rotatable bonds is 33. The van der Waals surface area contributed by atoms with Crippen molar-refractivity contribution >= 4 is 0 Å². The quantitative estimate of drug-likeness (QED) is 0.0581. The van der Waals surface area contributed by atoms with Crippen LogP contribution in [0.2, 0.25) is 0 Å². The third kappa shape index (κ3) is 21.5. The summed E-state index contributed by atoms with van der Waals surface area (Å²) in [6.07, 6.45) is 37.5. The summed E-state index contributed by atoms with van der Waals surface area (Å²) in [5.41, 5.74) is 0. The highest BCUT2D eigenvalue weighted by Crippen LogP contribution is 2.25. The van der Waals surface area contributed by atoms with E-state index in [1.54, 1.807) is 28.4 Å². The van der Waals surface area contributed by atoms with Crippen LogP contribution in [-0.2, 0) is 18.9 Å². The molecule has 0 amide bonds. The second-order valence-electron chi connectivity index (χ2n) is 12.3. The molecule has 242 valence electrons. The molecule has 0 spiro atoms. The lowest BCUT2D eigenvalue weighted by atomic mass is 10.0. The third-order valence-corrected chi connectivity index (χ3v) is 9.43. The summed E-state index contributed by atoms with van der Waals surface area (Å²) in [5.74, 6) is -0.696. The van der Waals surface area contributed by atoms with Crippen molar-refractivity contribution in [3.63, 3.8) is 0 Å². The lowest BCUT2D eigenvalue weighted by Gasteiger charge is -2.29. The van der Waals surface area contributed by atoms with Crippen molar-refractivity contribution in [1.29, 1.82) is 0 Å². The zero-order chi connectivity index (χ0) is 29.6. The van der Waals surface area contributed by atoms with Crippen molar-refractivity contribution in [2.45, 2.75) is 205 Å². The minimum Gasteiger partial charge on any atom is -0.353 e. The lowest BCUT2D eigenvalue weighted by molar-refractivity contribution is -0.213. The molecule has 4 heteroatoms. The average Bonchev–Trinajstić information content (AvgIpc) is 2.99. The molecule has 0 aliphatic heterocycles. The first-order valence-electron chi connectivity index (χ1n) is 17.8. The molecule has 0 aromatic carbocycles. The highest BCUT2D eigenvalue weighted by molar-refractivity contribution is 4.67. The van der Waals surface area contributed by atoms with E-state index >= 15 is 0 Å². The van der Waals surface area contributed by atoms with Crippen LogP contribution in [-0.4, -0.2) is 40.0 Å². The molecule has 0 fully saturated rings. The Morgan fingerprint density at radius 2 is 0.425 bits per heavy atom. The summed E-state index contributed by atoms with van der Waals surface area (Å²) in [6, 6.07) is 0. The fourth-order valence-corrected chi connectivity index (χ4v) is 6.18. The highest BCUT2D eigenvalue weighted by atomic mass is 16.7. The predicted octanol–water partition coefficient (Wildman–Crippen LogP) is 11.9. The van der Waals surface area contributed by atoms with Crippen LogP contribution in [0.25, 0.3) is 0 Å². The molecule has 0 unspecified atom stereocenters. The predicted molar refractivity (Wildman–Crippen MR) is 174 cm³/mol. The van der Waals surface area contributed by atoms with Crippen LogP contribution in [0.4, 0.5) is 0 Å². The van der Waals surface area contributed by atoms with Gasteiger partial charge in [-0.1, -0.05) is 155 Å². The first-order chi connectivity index (χ1) is 19.6. The van der Waals surface area contributed by atoms with Gasteiger partial charge in [0.05, 0.1) is 0 Å². The summed E-state index contributed by atoms with van der Waals surface area (Å²) in [6.45, 7) is 4.29. The monoisotopic (exact) mass is 571 g/mol. The highest BCUT2D eigenvalue weighted by Gasteiger charge is 2.26. The minimum absolute atomic E-state index is 0.348. The van der Waals surface area contributed by atoms with Crippen molar-refractivity contribution in [3.8, 4) is 0 Å². The van der Waals surface area contributed by atoms with E-state index in [-0.39, 0.29) is 11.6 Å². The van der Waals surface area contributed by atoms with Crippen molar-refractivity contribution in [1.82, 2.24) is 0 Å². The number of unbranched alkanes of at least 4 members (excludes halogenated alkanes) is 23. The Morgan fingerprint density at radius 1 is 0.275 bits per heavy atom. The van der Waals surface area contributed by atoms with Gasteiger partial charge >= 0.3 is 0 Å². The molecule has 0 saturated heterocycles. The van der Waals surface area contributed by atoms with Crippen LogP contribution < -0.4 is 0 Å². The minimum atomic E-state index is -0.348. The van der Waals surface area contributed by atoms with Crippen LogP contribution in [0.15, 0.2) is 0 Å². The van der Waals surface area contributed by atoms with E-state index in [9.17, 15) is 0 Å². The normalized spacial score (nSPS) is 12.4. The molecule has 0 atom stereocenters. The second-order valence-corrected chi connectivity index (χ2v) is 12.3. The molecule has 0 aromatic heterocycles. The van der Waals surface area contributed by atoms with Crippen LogP contribution >= 0.6 is 0 Å². The van der Waals surface area contributed by atoms with Crippen LogP contribution in [0.1, 0.15) is 194 Å². The fraction of sp³-hybridized carbons (Fsp3) is 1.00. The molecule has 0 bridgehead atoms. The third-order valence-electron chi connectivity index (χ3n) is 9.43. The molecular weight excluding hydrogens is 496 g/mol. The van der Waals surface area contributed by atoms with Gasteiger partial charge in [0, 0.05) is 41.3 Å². The molecule has 4 nitrogen and oxygen atoms in total. The number of methoxy groups -OCH3 is 4. The van der Waals surface area contributed by atoms with Crippen LogP contribution in [0.3, 0.4) is 0 Å². The van der Waals surface area contributed by atoms with Gasteiger partial charge in [0.25, 0.3) is 0 Å². The van der Waals surface area contributed by atoms with Gasteiger partial charge in [-0.2, -0.15) is 0 Å². The topological polar surface area (TPSA) is 36.9 Å². The molecule has 0 aliphatic carbocycles. The maximum atomic E-state index is 5.58. The molecule has 0 rings (SSSR count). The Kier molecular flexibility index (Phi) is 28.8. The van der Waals surface area contributed by atoms with E-state index in [2.05, 4.69) is 13.8 Å². The van der Waals surface area contributed by atoms with Crippen molar-refractivity contribution in [2.24, 2.45) is 0 Å². The molecular formula is C36H74O4. The Hall–Kier alpha value is -0.160. The number of hydrogen-bond acceptors (Lipinski definition) is 4. The summed E-state index contributed by atoms with van der Waals surface area (Å²) >= 11 is 0. The zero-order valence-electron chi connectivity index (χ0n) is 28.4. The average molecular weight is 571 g/mol. The van der Waals surface area contributed by atoms with E-state index in [1.807, 2.05) is 0 Å². The maximum Gasteiger partial charge on any atom is 0.167 e. The van der Waals surface area contributed by atoms with Crippen molar-refractivity contribution in [2.75, 3.05) is 28.4 Å². The van der Waals surface area contributed by atoms with Gasteiger partial charge in [-0.05, 0) is 25.7 Å². The Morgan fingerprint density at radius 3 is 0.550 bits per heavy atom. The van der Waals surface area contributed by atoms with Crippen LogP contribution in [0.5, 0.6) is 0 Å². The van der Waals surface area contributed by atoms with E-state index in [0.29, 0.717) is 0 Å². The summed E-state index contributed by atoms with van der Waals surface area (Å²) in [5, 5.41) is 0. The number of ether oxygens (including phenoxy) is 4. The first-order valence-corrected chi connectivity index (χ1v) is 17.8. The van der Waals surface area contributed by atoms with E-state index in [4.69, 9.17) is 18.9 Å². The SMILES string of the molecule is CCC(CCCCCCCCCCCCCCCCCCCCCCCCCCC(CC)(OC)OC)(OC)OC. The molecule has 0 aliphatic rings. The van der Waals surface area contributed by atoms with E-state index < -0.39 is 0 Å².